The maximum absolute atomic E-state index is 11.3. The van der Waals surface area contributed by atoms with Crippen molar-refractivity contribution in [2.75, 3.05) is 45.9 Å². The number of morpholine rings is 1. The Hall–Kier alpha value is -0.690. The van der Waals surface area contributed by atoms with Crippen LogP contribution in [0.15, 0.2) is 0 Å². The van der Waals surface area contributed by atoms with Crippen LogP contribution >= 0.6 is 0 Å². The lowest BCUT2D eigenvalue weighted by atomic mass is 10.3. The number of aliphatic hydroxyl groups is 1. The lowest BCUT2D eigenvalue weighted by Crippen LogP contribution is -2.45. The Morgan fingerprint density at radius 2 is 2.06 bits per heavy atom. The van der Waals surface area contributed by atoms with Gasteiger partial charge in [-0.05, 0) is 13.8 Å². The summed E-state index contributed by atoms with van der Waals surface area (Å²) in [5.74, 6) is -0.0384. The number of β-amino-alcohol motifs (C(OH)–C–C–N with tert-alkyl or cyclic N) is 1. The van der Waals surface area contributed by atoms with Crippen LogP contribution in [-0.4, -0.2) is 74.0 Å². The third-order valence-corrected chi connectivity index (χ3v) is 2.69. The molecule has 18 heavy (non-hydrogen) atoms. The Bertz CT molecular complexity index is 243. The summed E-state index contributed by atoms with van der Waals surface area (Å²) in [6.45, 7) is 8.35. The predicted octanol–water partition coefficient (Wildman–Crippen LogP) is -1.21. The van der Waals surface area contributed by atoms with Crippen LogP contribution in [0, 0.1) is 0 Å². The average Bonchev–Trinajstić information content (AvgIpc) is 2.29. The highest BCUT2D eigenvalue weighted by atomic mass is 16.5. The van der Waals surface area contributed by atoms with Crippen molar-refractivity contribution in [3.8, 4) is 0 Å². The number of rotatable bonds is 7. The summed E-state index contributed by atoms with van der Waals surface area (Å²) in [5, 5.41) is 15.6. The van der Waals surface area contributed by atoms with E-state index in [-0.39, 0.29) is 18.5 Å². The van der Waals surface area contributed by atoms with E-state index in [0.717, 1.165) is 26.3 Å². The second-order valence-corrected chi connectivity index (χ2v) is 4.92. The van der Waals surface area contributed by atoms with Crippen molar-refractivity contribution in [1.82, 2.24) is 15.5 Å². The summed E-state index contributed by atoms with van der Waals surface area (Å²) in [7, 11) is 0. The number of nitrogens with zero attached hydrogens (tertiary/aromatic N) is 1. The molecule has 1 atom stereocenters. The number of ether oxygens (including phenoxy) is 1. The molecule has 0 aromatic heterocycles. The van der Waals surface area contributed by atoms with Crippen molar-refractivity contribution in [2.24, 2.45) is 0 Å². The number of carbonyl (C=O) groups excluding carboxylic acids is 1. The first-order valence-corrected chi connectivity index (χ1v) is 6.56. The number of aliphatic hydroxyl groups excluding tert-OH is 1. The summed E-state index contributed by atoms with van der Waals surface area (Å²) >= 11 is 0. The first-order valence-electron chi connectivity index (χ1n) is 6.56. The number of amides is 1. The molecule has 1 saturated heterocycles. The van der Waals surface area contributed by atoms with Gasteiger partial charge in [0.15, 0.2) is 0 Å². The van der Waals surface area contributed by atoms with Crippen LogP contribution in [0.4, 0.5) is 0 Å². The van der Waals surface area contributed by atoms with Gasteiger partial charge in [-0.25, -0.2) is 0 Å². The van der Waals surface area contributed by atoms with E-state index in [0.29, 0.717) is 13.1 Å². The van der Waals surface area contributed by atoms with Gasteiger partial charge in [0.2, 0.25) is 5.91 Å². The summed E-state index contributed by atoms with van der Waals surface area (Å²) in [4.78, 5) is 13.5. The van der Waals surface area contributed by atoms with Crippen molar-refractivity contribution >= 4 is 5.91 Å². The summed E-state index contributed by atoms with van der Waals surface area (Å²) in [6.07, 6.45) is -0.449. The third-order valence-electron chi connectivity index (χ3n) is 2.69. The van der Waals surface area contributed by atoms with Gasteiger partial charge in [0.1, 0.15) is 0 Å². The molecule has 1 amide bonds. The number of nitrogens with one attached hydrogen (secondary N) is 2. The third kappa shape index (κ3) is 6.90. The molecular formula is C12H25N3O3. The summed E-state index contributed by atoms with van der Waals surface area (Å²) in [6, 6.07) is 0.151. The molecule has 0 aromatic carbocycles. The van der Waals surface area contributed by atoms with E-state index in [1.54, 1.807) is 0 Å². The molecule has 6 nitrogen and oxygen atoms in total. The quantitative estimate of drug-likeness (QED) is 0.535. The van der Waals surface area contributed by atoms with Crippen molar-refractivity contribution in [1.29, 1.82) is 0 Å². The SMILES string of the molecule is CC(C)NC(=O)CNCC(O)CN1CCOCC1. The molecule has 1 heterocycles. The highest BCUT2D eigenvalue weighted by molar-refractivity contribution is 5.78. The van der Waals surface area contributed by atoms with Gasteiger partial charge in [-0.3, -0.25) is 9.69 Å². The van der Waals surface area contributed by atoms with Crippen molar-refractivity contribution in [3.05, 3.63) is 0 Å². The summed E-state index contributed by atoms with van der Waals surface area (Å²) < 4.78 is 5.24. The fourth-order valence-corrected chi connectivity index (χ4v) is 1.87. The Kier molecular flexibility index (Phi) is 7.19. The minimum absolute atomic E-state index is 0.0384. The number of hydrogen-bond acceptors (Lipinski definition) is 5. The smallest absolute Gasteiger partial charge is 0.234 e. The maximum Gasteiger partial charge on any atom is 0.234 e. The van der Waals surface area contributed by atoms with E-state index < -0.39 is 6.10 Å². The highest BCUT2D eigenvalue weighted by Crippen LogP contribution is 1.97. The lowest BCUT2D eigenvalue weighted by molar-refractivity contribution is -0.120. The van der Waals surface area contributed by atoms with E-state index in [4.69, 9.17) is 4.74 Å². The predicted molar refractivity (Wildman–Crippen MR) is 69.4 cm³/mol. The van der Waals surface area contributed by atoms with Gasteiger partial charge in [-0.1, -0.05) is 0 Å². The van der Waals surface area contributed by atoms with Gasteiger partial charge in [0.25, 0.3) is 0 Å². The molecule has 1 unspecified atom stereocenters. The van der Waals surface area contributed by atoms with Gasteiger partial charge in [0.05, 0.1) is 25.9 Å². The number of hydrogen-bond donors (Lipinski definition) is 3. The summed E-state index contributed by atoms with van der Waals surface area (Å²) in [5.41, 5.74) is 0. The van der Waals surface area contributed by atoms with Gasteiger partial charge >= 0.3 is 0 Å². The molecule has 1 fully saturated rings. The second kappa shape index (κ2) is 8.42. The van der Waals surface area contributed by atoms with Crippen LogP contribution in [0.25, 0.3) is 0 Å². The Morgan fingerprint density at radius 3 is 2.67 bits per heavy atom. The first kappa shape index (κ1) is 15.4. The highest BCUT2D eigenvalue weighted by Gasteiger charge is 2.14. The van der Waals surface area contributed by atoms with Gasteiger partial charge in [-0.15, -0.1) is 0 Å². The fourth-order valence-electron chi connectivity index (χ4n) is 1.87. The van der Waals surface area contributed by atoms with E-state index in [2.05, 4.69) is 15.5 Å². The molecule has 0 saturated carbocycles. The second-order valence-electron chi connectivity index (χ2n) is 4.92. The Morgan fingerprint density at radius 1 is 1.39 bits per heavy atom. The van der Waals surface area contributed by atoms with Gasteiger partial charge in [0, 0.05) is 32.2 Å². The molecule has 0 aliphatic carbocycles. The molecular weight excluding hydrogens is 234 g/mol. The fraction of sp³-hybridized carbons (Fsp3) is 0.917. The van der Waals surface area contributed by atoms with Crippen molar-refractivity contribution in [2.45, 2.75) is 26.0 Å². The normalized spacial score (nSPS) is 18.9. The van der Waals surface area contributed by atoms with E-state index in [1.165, 1.54) is 0 Å². The standard InChI is InChI=1S/C12H25N3O3/c1-10(2)14-12(17)8-13-7-11(16)9-15-3-5-18-6-4-15/h10-11,13,16H,3-9H2,1-2H3,(H,14,17). The van der Waals surface area contributed by atoms with Gasteiger partial charge < -0.3 is 20.5 Å². The first-order chi connectivity index (χ1) is 8.58. The van der Waals surface area contributed by atoms with Crippen molar-refractivity contribution in [3.63, 3.8) is 0 Å². The van der Waals surface area contributed by atoms with Crippen LogP contribution in [0.5, 0.6) is 0 Å². The maximum atomic E-state index is 11.3. The molecule has 0 spiro atoms. The Labute approximate surface area is 109 Å². The molecule has 0 aromatic rings. The van der Waals surface area contributed by atoms with Crippen LogP contribution in [-0.2, 0) is 9.53 Å². The zero-order valence-corrected chi connectivity index (χ0v) is 11.3. The molecule has 1 aliphatic heterocycles. The van der Waals surface area contributed by atoms with Crippen LogP contribution in [0.2, 0.25) is 0 Å². The minimum Gasteiger partial charge on any atom is -0.390 e. The van der Waals surface area contributed by atoms with Crippen molar-refractivity contribution < 1.29 is 14.6 Å². The number of carbonyl (C=O) groups is 1. The molecule has 1 aliphatic rings. The van der Waals surface area contributed by atoms with Gasteiger partial charge in [-0.2, -0.15) is 0 Å². The zero-order valence-electron chi connectivity index (χ0n) is 11.3. The van der Waals surface area contributed by atoms with Crippen LogP contribution < -0.4 is 10.6 Å². The molecule has 1 rings (SSSR count). The zero-order chi connectivity index (χ0) is 13.4. The molecule has 3 N–H and O–H groups in total. The average molecular weight is 259 g/mol. The van der Waals surface area contributed by atoms with E-state index in [1.807, 2.05) is 13.8 Å². The molecule has 6 heteroatoms. The molecule has 0 bridgehead atoms. The van der Waals surface area contributed by atoms with E-state index in [9.17, 15) is 9.90 Å². The topological polar surface area (TPSA) is 73.8 Å². The largest absolute Gasteiger partial charge is 0.390 e. The lowest BCUT2D eigenvalue weighted by Gasteiger charge is -2.28. The van der Waals surface area contributed by atoms with E-state index >= 15 is 0 Å². The Balaban J connectivity index is 2.05. The molecule has 106 valence electrons. The monoisotopic (exact) mass is 259 g/mol. The molecule has 0 radical (unpaired) electrons. The van der Waals surface area contributed by atoms with Crippen LogP contribution in [0.3, 0.4) is 0 Å². The minimum atomic E-state index is -0.449. The van der Waals surface area contributed by atoms with Crippen LogP contribution in [0.1, 0.15) is 13.8 Å².